The standard InChI is InChI=1S/C11H11ClN2O/c12-9-4-7(2-1-3-13)11-8(5-9)6-10(15)14-11/h1-2,4-5H,3,6,13H2,(H,14,15)/b2-1+. The topological polar surface area (TPSA) is 55.1 Å². The van der Waals surface area contributed by atoms with E-state index in [1.807, 2.05) is 24.3 Å². The van der Waals surface area contributed by atoms with Gasteiger partial charge in [-0.2, -0.15) is 0 Å². The molecule has 78 valence electrons. The normalized spacial score (nSPS) is 14.4. The Morgan fingerprint density at radius 1 is 1.53 bits per heavy atom. The van der Waals surface area contributed by atoms with Crippen LogP contribution in [0.25, 0.3) is 6.08 Å². The van der Waals surface area contributed by atoms with Crippen LogP contribution in [0.1, 0.15) is 11.1 Å². The van der Waals surface area contributed by atoms with E-state index in [0.29, 0.717) is 18.0 Å². The minimum absolute atomic E-state index is 0.00895. The fraction of sp³-hybridized carbons (Fsp3) is 0.182. The van der Waals surface area contributed by atoms with Crippen molar-refractivity contribution in [3.63, 3.8) is 0 Å². The van der Waals surface area contributed by atoms with E-state index >= 15 is 0 Å². The van der Waals surface area contributed by atoms with E-state index in [1.54, 1.807) is 0 Å². The van der Waals surface area contributed by atoms with Crippen molar-refractivity contribution in [1.29, 1.82) is 0 Å². The van der Waals surface area contributed by atoms with Gasteiger partial charge < -0.3 is 11.1 Å². The Balaban J connectivity index is 2.47. The summed E-state index contributed by atoms with van der Waals surface area (Å²) in [5.41, 5.74) is 8.09. The highest BCUT2D eigenvalue weighted by Crippen LogP contribution is 2.31. The summed E-state index contributed by atoms with van der Waals surface area (Å²) >= 11 is 5.95. The lowest BCUT2D eigenvalue weighted by Gasteiger charge is -2.04. The molecule has 1 aromatic rings. The maximum Gasteiger partial charge on any atom is 0.228 e. The van der Waals surface area contributed by atoms with Crippen molar-refractivity contribution >= 4 is 29.3 Å². The third-order valence-corrected chi connectivity index (χ3v) is 2.48. The molecule has 0 atom stereocenters. The van der Waals surface area contributed by atoms with Crippen LogP contribution in [0, 0.1) is 0 Å². The zero-order chi connectivity index (χ0) is 10.8. The van der Waals surface area contributed by atoms with Crippen molar-refractivity contribution in [3.8, 4) is 0 Å². The van der Waals surface area contributed by atoms with Gasteiger partial charge >= 0.3 is 0 Å². The molecule has 3 N–H and O–H groups in total. The Morgan fingerprint density at radius 3 is 3.07 bits per heavy atom. The number of carbonyl (C=O) groups is 1. The second-order valence-corrected chi connectivity index (χ2v) is 3.83. The van der Waals surface area contributed by atoms with Crippen LogP contribution >= 0.6 is 11.6 Å². The highest BCUT2D eigenvalue weighted by molar-refractivity contribution is 6.31. The van der Waals surface area contributed by atoms with Crippen LogP contribution in [0.3, 0.4) is 0 Å². The van der Waals surface area contributed by atoms with E-state index in [2.05, 4.69) is 5.32 Å². The number of amides is 1. The molecule has 0 bridgehead atoms. The molecule has 2 rings (SSSR count). The first-order valence-electron chi connectivity index (χ1n) is 4.69. The SMILES string of the molecule is NC/C=C/c1cc(Cl)cc2c1NC(=O)C2. The van der Waals surface area contributed by atoms with Crippen molar-refractivity contribution < 1.29 is 4.79 Å². The molecule has 0 saturated carbocycles. The smallest absolute Gasteiger partial charge is 0.228 e. The fourth-order valence-electron chi connectivity index (χ4n) is 1.66. The number of carbonyl (C=O) groups excluding carboxylic acids is 1. The number of anilines is 1. The molecule has 0 fully saturated rings. The largest absolute Gasteiger partial charge is 0.327 e. The second-order valence-electron chi connectivity index (χ2n) is 3.39. The fourth-order valence-corrected chi connectivity index (χ4v) is 1.91. The Morgan fingerprint density at radius 2 is 2.33 bits per heavy atom. The maximum absolute atomic E-state index is 11.2. The van der Waals surface area contributed by atoms with Crippen LogP contribution in [-0.4, -0.2) is 12.5 Å². The molecule has 0 aliphatic carbocycles. The number of benzene rings is 1. The van der Waals surface area contributed by atoms with Gasteiger partial charge in [-0.25, -0.2) is 0 Å². The van der Waals surface area contributed by atoms with Crippen LogP contribution in [0.2, 0.25) is 5.02 Å². The summed E-state index contributed by atoms with van der Waals surface area (Å²) in [5.74, 6) is 0.00895. The first-order chi connectivity index (χ1) is 7.20. The first-order valence-corrected chi connectivity index (χ1v) is 5.07. The van der Waals surface area contributed by atoms with E-state index in [-0.39, 0.29) is 5.91 Å². The summed E-state index contributed by atoms with van der Waals surface area (Å²) in [6, 6.07) is 3.63. The minimum Gasteiger partial charge on any atom is -0.327 e. The molecule has 4 heteroatoms. The third-order valence-electron chi connectivity index (χ3n) is 2.26. The Bertz CT molecular complexity index is 440. The van der Waals surface area contributed by atoms with Crippen LogP contribution in [0.5, 0.6) is 0 Å². The van der Waals surface area contributed by atoms with Gasteiger partial charge in [0.15, 0.2) is 0 Å². The van der Waals surface area contributed by atoms with Gasteiger partial charge in [0.1, 0.15) is 0 Å². The Hall–Kier alpha value is -1.32. The number of nitrogens with two attached hydrogens (primary N) is 1. The number of rotatable bonds is 2. The molecule has 1 heterocycles. The Labute approximate surface area is 92.9 Å². The number of hydrogen-bond donors (Lipinski definition) is 2. The monoisotopic (exact) mass is 222 g/mol. The van der Waals surface area contributed by atoms with Crippen molar-refractivity contribution in [1.82, 2.24) is 0 Å². The summed E-state index contributed by atoms with van der Waals surface area (Å²) in [5, 5.41) is 3.45. The van der Waals surface area contributed by atoms with Crippen LogP contribution < -0.4 is 11.1 Å². The van der Waals surface area contributed by atoms with Crippen molar-refractivity contribution in [2.75, 3.05) is 11.9 Å². The van der Waals surface area contributed by atoms with Gasteiger partial charge in [0.05, 0.1) is 12.1 Å². The van der Waals surface area contributed by atoms with Crippen LogP contribution in [0.15, 0.2) is 18.2 Å². The highest BCUT2D eigenvalue weighted by Gasteiger charge is 2.20. The summed E-state index contributed by atoms with van der Waals surface area (Å²) < 4.78 is 0. The van der Waals surface area contributed by atoms with Crippen LogP contribution in [0.4, 0.5) is 5.69 Å². The molecule has 3 nitrogen and oxygen atoms in total. The zero-order valence-electron chi connectivity index (χ0n) is 8.09. The first kappa shape index (κ1) is 10.2. The van der Waals surface area contributed by atoms with Gasteiger partial charge in [-0.1, -0.05) is 23.8 Å². The van der Waals surface area contributed by atoms with Gasteiger partial charge in [0.25, 0.3) is 0 Å². The lowest BCUT2D eigenvalue weighted by molar-refractivity contribution is -0.115. The zero-order valence-corrected chi connectivity index (χ0v) is 8.84. The predicted molar refractivity (Wildman–Crippen MR) is 61.9 cm³/mol. The van der Waals surface area contributed by atoms with Gasteiger partial charge in [0, 0.05) is 11.6 Å². The Kier molecular flexibility index (Phi) is 2.75. The molecule has 1 amide bonds. The molecule has 0 aromatic heterocycles. The van der Waals surface area contributed by atoms with Crippen molar-refractivity contribution in [2.24, 2.45) is 5.73 Å². The molecule has 15 heavy (non-hydrogen) atoms. The molecule has 0 radical (unpaired) electrons. The van der Waals surface area contributed by atoms with Gasteiger partial charge in [-0.15, -0.1) is 0 Å². The molecule has 1 aliphatic heterocycles. The summed E-state index contributed by atoms with van der Waals surface area (Å²) in [6.45, 7) is 0.467. The summed E-state index contributed by atoms with van der Waals surface area (Å²) in [4.78, 5) is 11.2. The minimum atomic E-state index is 0.00895. The van der Waals surface area contributed by atoms with Crippen LogP contribution in [-0.2, 0) is 11.2 Å². The number of halogens is 1. The second kappa shape index (κ2) is 4.04. The highest BCUT2D eigenvalue weighted by atomic mass is 35.5. The van der Waals surface area contributed by atoms with E-state index in [0.717, 1.165) is 16.8 Å². The van der Waals surface area contributed by atoms with E-state index < -0.39 is 0 Å². The lowest BCUT2D eigenvalue weighted by atomic mass is 10.1. The van der Waals surface area contributed by atoms with Crippen molar-refractivity contribution in [2.45, 2.75) is 6.42 Å². The quantitative estimate of drug-likeness (QED) is 0.802. The maximum atomic E-state index is 11.2. The molecular formula is C11H11ClN2O. The molecule has 0 saturated heterocycles. The molecule has 1 aliphatic rings. The molecule has 1 aromatic carbocycles. The number of fused-ring (bicyclic) bond motifs is 1. The molecule has 0 spiro atoms. The van der Waals surface area contributed by atoms with Gasteiger partial charge in [0.2, 0.25) is 5.91 Å². The van der Waals surface area contributed by atoms with E-state index in [9.17, 15) is 4.79 Å². The van der Waals surface area contributed by atoms with E-state index in [1.165, 1.54) is 0 Å². The van der Waals surface area contributed by atoms with E-state index in [4.69, 9.17) is 17.3 Å². The average Bonchev–Trinajstić information content (AvgIpc) is 2.54. The average molecular weight is 223 g/mol. The van der Waals surface area contributed by atoms with Gasteiger partial charge in [-0.05, 0) is 23.3 Å². The number of nitrogens with one attached hydrogen (secondary N) is 1. The predicted octanol–water partition coefficient (Wildman–Crippen LogP) is 1.81. The van der Waals surface area contributed by atoms with Gasteiger partial charge in [-0.3, -0.25) is 4.79 Å². The molecular weight excluding hydrogens is 212 g/mol. The van der Waals surface area contributed by atoms with Crippen molar-refractivity contribution in [3.05, 3.63) is 34.4 Å². The molecule has 0 unspecified atom stereocenters. The summed E-state index contributed by atoms with van der Waals surface area (Å²) in [6.07, 6.45) is 4.10. The lowest BCUT2D eigenvalue weighted by Crippen LogP contribution is -2.04. The summed E-state index contributed by atoms with van der Waals surface area (Å²) in [7, 11) is 0. The third kappa shape index (κ3) is 2.03. The number of hydrogen-bond acceptors (Lipinski definition) is 2.